The number of hydrogen-bond donors (Lipinski definition) is 2. The van der Waals surface area contributed by atoms with E-state index in [1.807, 2.05) is 0 Å². The maximum absolute atomic E-state index is 13.7. The van der Waals surface area contributed by atoms with Gasteiger partial charge in [0.1, 0.15) is 11.6 Å². The Bertz CT molecular complexity index is 372. The molecule has 0 bridgehead atoms. The summed E-state index contributed by atoms with van der Waals surface area (Å²) in [7, 11) is 1.47. The molecule has 5 heteroatoms. The Hall–Kier alpha value is -0.840. The van der Waals surface area contributed by atoms with E-state index in [9.17, 15) is 9.50 Å². The summed E-state index contributed by atoms with van der Waals surface area (Å²) in [6.07, 6.45) is 0. The smallest absolute Gasteiger partial charge is 0.131 e. The van der Waals surface area contributed by atoms with E-state index >= 15 is 0 Å². The first kappa shape index (κ1) is 16.2. The average molecular weight is 264 g/mol. The van der Waals surface area contributed by atoms with Crippen LogP contribution in [0.15, 0.2) is 18.2 Å². The minimum Gasteiger partial charge on any atom is -0.496 e. The molecule has 0 saturated heterocycles. The molecule has 3 nitrogen and oxygen atoms in total. The molecule has 1 aromatic rings. The molecule has 1 aromatic carbocycles. The predicted octanol–water partition coefficient (Wildman–Crippen LogP) is 2.27. The molecule has 0 fully saturated rings. The largest absolute Gasteiger partial charge is 0.496 e. The number of rotatable bonds is 4. The Labute approximate surface area is 107 Å². The molecule has 0 aliphatic rings. The Morgan fingerprint density at radius 3 is 2.53 bits per heavy atom. The molecule has 0 spiro atoms. The molecule has 1 rings (SSSR count). The first-order valence-electron chi connectivity index (χ1n) is 5.13. The van der Waals surface area contributed by atoms with Gasteiger partial charge in [-0.15, -0.1) is 12.4 Å². The molecule has 0 radical (unpaired) electrons. The standard InChI is InChI=1S/C12H18FNO2.ClH/c1-12(2,7-15)11(14)10-8(13)5-4-6-9(10)16-3;/h4-6,11,15H,7,14H2,1-3H3;1H/t11-;/m0./s1. The molecular formula is C12H19ClFNO2. The van der Waals surface area contributed by atoms with Crippen molar-refractivity contribution in [2.24, 2.45) is 11.1 Å². The van der Waals surface area contributed by atoms with Gasteiger partial charge in [0.15, 0.2) is 0 Å². The Morgan fingerprint density at radius 1 is 1.47 bits per heavy atom. The van der Waals surface area contributed by atoms with Crippen molar-refractivity contribution >= 4 is 12.4 Å². The van der Waals surface area contributed by atoms with Crippen LogP contribution in [0.1, 0.15) is 25.5 Å². The lowest BCUT2D eigenvalue weighted by Gasteiger charge is -2.30. The first-order chi connectivity index (χ1) is 7.44. The highest BCUT2D eigenvalue weighted by molar-refractivity contribution is 5.85. The fourth-order valence-electron chi connectivity index (χ4n) is 1.49. The van der Waals surface area contributed by atoms with Crippen molar-refractivity contribution in [3.63, 3.8) is 0 Å². The van der Waals surface area contributed by atoms with Crippen molar-refractivity contribution in [3.8, 4) is 5.75 Å². The second kappa shape index (κ2) is 6.19. The molecule has 0 saturated carbocycles. The summed E-state index contributed by atoms with van der Waals surface area (Å²) in [4.78, 5) is 0. The lowest BCUT2D eigenvalue weighted by molar-refractivity contribution is 0.129. The predicted molar refractivity (Wildman–Crippen MR) is 68.0 cm³/mol. The van der Waals surface area contributed by atoms with Gasteiger partial charge in [0, 0.05) is 23.6 Å². The van der Waals surface area contributed by atoms with E-state index < -0.39 is 17.3 Å². The van der Waals surface area contributed by atoms with Crippen LogP contribution in [0.2, 0.25) is 0 Å². The van der Waals surface area contributed by atoms with E-state index in [0.29, 0.717) is 11.3 Å². The number of aliphatic hydroxyl groups is 1. The molecule has 0 aliphatic heterocycles. The third-order valence-electron chi connectivity index (χ3n) is 2.79. The third kappa shape index (κ3) is 3.31. The van der Waals surface area contributed by atoms with Gasteiger partial charge in [-0.05, 0) is 12.1 Å². The highest BCUT2D eigenvalue weighted by atomic mass is 35.5. The van der Waals surface area contributed by atoms with Crippen LogP contribution in [0, 0.1) is 11.2 Å². The molecule has 0 aromatic heterocycles. The van der Waals surface area contributed by atoms with Gasteiger partial charge in [0.05, 0.1) is 7.11 Å². The van der Waals surface area contributed by atoms with Gasteiger partial charge in [0.2, 0.25) is 0 Å². The van der Waals surface area contributed by atoms with Gasteiger partial charge >= 0.3 is 0 Å². The second-order valence-corrected chi connectivity index (χ2v) is 4.48. The summed E-state index contributed by atoms with van der Waals surface area (Å²) in [6, 6.07) is 3.95. The SMILES string of the molecule is COc1cccc(F)c1[C@H](N)C(C)(C)CO.Cl. The van der Waals surface area contributed by atoms with Crippen LogP contribution in [0.5, 0.6) is 5.75 Å². The minimum absolute atomic E-state index is 0. The van der Waals surface area contributed by atoms with Crippen molar-refractivity contribution in [2.45, 2.75) is 19.9 Å². The van der Waals surface area contributed by atoms with Crippen molar-refractivity contribution in [2.75, 3.05) is 13.7 Å². The molecule has 98 valence electrons. The molecule has 17 heavy (non-hydrogen) atoms. The normalized spacial score (nSPS) is 12.8. The van der Waals surface area contributed by atoms with E-state index in [2.05, 4.69) is 0 Å². The van der Waals surface area contributed by atoms with Gasteiger partial charge in [-0.2, -0.15) is 0 Å². The van der Waals surface area contributed by atoms with Crippen LogP contribution in [-0.2, 0) is 0 Å². The topological polar surface area (TPSA) is 55.5 Å². The first-order valence-corrected chi connectivity index (χ1v) is 5.13. The lowest BCUT2D eigenvalue weighted by Crippen LogP contribution is -2.33. The number of benzene rings is 1. The summed E-state index contributed by atoms with van der Waals surface area (Å²) in [5.74, 6) is 0.00222. The average Bonchev–Trinajstić information content (AvgIpc) is 2.27. The number of hydrogen-bond acceptors (Lipinski definition) is 3. The fraction of sp³-hybridized carbons (Fsp3) is 0.500. The van der Waals surface area contributed by atoms with Gasteiger partial charge in [0.25, 0.3) is 0 Å². The van der Waals surface area contributed by atoms with E-state index in [0.717, 1.165) is 0 Å². The summed E-state index contributed by atoms with van der Waals surface area (Å²) in [6.45, 7) is 3.44. The van der Waals surface area contributed by atoms with Crippen LogP contribution in [-0.4, -0.2) is 18.8 Å². The van der Waals surface area contributed by atoms with Crippen molar-refractivity contribution < 1.29 is 14.2 Å². The third-order valence-corrected chi connectivity index (χ3v) is 2.79. The lowest BCUT2D eigenvalue weighted by atomic mass is 9.81. The van der Waals surface area contributed by atoms with E-state index in [1.54, 1.807) is 26.0 Å². The Kier molecular flexibility index (Phi) is 5.88. The van der Waals surface area contributed by atoms with Crippen molar-refractivity contribution in [1.29, 1.82) is 0 Å². The number of halogens is 2. The minimum atomic E-state index is -0.617. The van der Waals surface area contributed by atoms with Crippen LogP contribution in [0.3, 0.4) is 0 Å². The highest BCUT2D eigenvalue weighted by Gasteiger charge is 2.31. The van der Waals surface area contributed by atoms with Crippen LogP contribution in [0.4, 0.5) is 4.39 Å². The number of nitrogens with two attached hydrogens (primary N) is 1. The summed E-state index contributed by atoms with van der Waals surface area (Å²) in [5.41, 5.74) is 5.69. The Balaban J connectivity index is 0.00000256. The zero-order chi connectivity index (χ0) is 12.3. The van der Waals surface area contributed by atoms with Gasteiger partial charge < -0.3 is 15.6 Å². The number of ether oxygens (including phenoxy) is 1. The molecule has 0 unspecified atom stereocenters. The fourth-order valence-corrected chi connectivity index (χ4v) is 1.49. The molecule has 0 amide bonds. The molecule has 0 heterocycles. The van der Waals surface area contributed by atoms with Crippen LogP contribution in [0.25, 0.3) is 0 Å². The van der Waals surface area contributed by atoms with Crippen LogP contribution >= 0.6 is 12.4 Å². The monoisotopic (exact) mass is 263 g/mol. The summed E-state index contributed by atoms with van der Waals surface area (Å²) >= 11 is 0. The van der Waals surface area contributed by atoms with Crippen molar-refractivity contribution in [1.82, 2.24) is 0 Å². The number of aliphatic hydroxyl groups excluding tert-OH is 1. The van der Waals surface area contributed by atoms with E-state index in [1.165, 1.54) is 13.2 Å². The Morgan fingerprint density at radius 2 is 2.06 bits per heavy atom. The van der Waals surface area contributed by atoms with Gasteiger partial charge in [-0.1, -0.05) is 19.9 Å². The maximum Gasteiger partial charge on any atom is 0.131 e. The zero-order valence-corrected chi connectivity index (χ0v) is 11.1. The maximum atomic E-state index is 13.7. The van der Waals surface area contributed by atoms with Crippen molar-refractivity contribution in [3.05, 3.63) is 29.6 Å². The number of methoxy groups -OCH3 is 1. The quantitative estimate of drug-likeness (QED) is 0.876. The van der Waals surface area contributed by atoms with E-state index in [-0.39, 0.29) is 19.0 Å². The van der Waals surface area contributed by atoms with Crippen LogP contribution < -0.4 is 10.5 Å². The van der Waals surface area contributed by atoms with Gasteiger partial charge in [-0.3, -0.25) is 0 Å². The van der Waals surface area contributed by atoms with E-state index in [4.69, 9.17) is 10.5 Å². The molecule has 3 N–H and O–H groups in total. The molecule has 0 aliphatic carbocycles. The second-order valence-electron chi connectivity index (χ2n) is 4.48. The molecular weight excluding hydrogens is 245 g/mol. The van der Waals surface area contributed by atoms with Gasteiger partial charge in [-0.25, -0.2) is 4.39 Å². The summed E-state index contributed by atoms with van der Waals surface area (Å²) in [5, 5.41) is 9.24. The highest BCUT2D eigenvalue weighted by Crippen LogP contribution is 2.36. The zero-order valence-electron chi connectivity index (χ0n) is 10.2. The molecule has 1 atom stereocenters. The summed E-state index contributed by atoms with van der Waals surface area (Å²) < 4.78 is 18.8.